The van der Waals surface area contributed by atoms with Gasteiger partial charge in [-0.1, -0.05) is 44.2 Å². The van der Waals surface area contributed by atoms with Crippen molar-refractivity contribution in [2.24, 2.45) is 0 Å². The molecule has 0 aliphatic heterocycles. The molecule has 80 valence electrons. The molecule has 2 nitrogen and oxygen atoms in total. The van der Waals surface area contributed by atoms with Crippen molar-refractivity contribution in [2.75, 3.05) is 0 Å². The van der Waals surface area contributed by atoms with Gasteiger partial charge in [0.05, 0.1) is 0 Å². The van der Waals surface area contributed by atoms with Crippen molar-refractivity contribution >= 4 is 11.6 Å². The van der Waals surface area contributed by atoms with E-state index >= 15 is 0 Å². The maximum atomic E-state index is 10.8. The molecular formula is C13H17NO. The second-order valence-corrected chi connectivity index (χ2v) is 3.61. The third-order valence-corrected chi connectivity index (χ3v) is 2.17. The van der Waals surface area contributed by atoms with Crippen molar-refractivity contribution in [3.05, 3.63) is 42.0 Å². The third kappa shape index (κ3) is 3.58. The molecule has 1 aromatic rings. The van der Waals surface area contributed by atoms with Crippen molar-refractivity contribution in [1.29, 1.82) is 0 Å². The smallest absolute Gasteiger partial charge is 0.221 e. The van der Waals surface area contributed by atoms with Crippen LogP contribution in [-0.2, 0) is 11.2 Å². The normalized spacial score (nSPS) is 9.73. The monoisotopic (exact) mass is 203 g/mol. The van der Waals surface area contributed by atoms with E-state index < -0.39 is 0 Å². The molecule has 1 N–H and O–H groups in total. The zero-order chi connectivity index (χ0) is 11.3. The van der Waals surface area contributed by atoms with Gasteiger partial charge in [-0.3, -0.25) is 4.79 Å². The van der Waals surface area contributed by atoms with E-state index in [0.29, 0.717) is 5.70 Å². The molecule has 0 aromatic heterocycles. The van der Waals surface area contributed by atoms with Gasteiger partial charge in [0.15, 0.2) is 0 Å². The van der Waals surface area contributed by atoms with Gasteiger partial charge in [0.2, 0.25) is 5.91 Å². The quantitative estimate of drug-likeness (QED) is 0.801. The lowest BCUT2D eigenvalue weighted by Gasteiger charge is -2.07. The van der Waals surface area contributed by atoms with Crippen molar-refractivity contribution in [3.8, 4) is 0 Å². The lowest BCUT2D eigenvalue weighted by atomic mass is 10.1. The largest absolute Gasteiger partial charge is 0.326 e. The lowest BCUT2D eigenvalue weighted by molar-refractivity contribution is -0.117. The second kappa shape index (κ2) is 5.35. The van der Waals surface area contributed by atoms with Crippen molar-refractivity contribution in [3.63, 3.8) is 0 Å². The van der Waals surface area contributed by atoms with E-state index in [9.17, 15) is 4.79 Å². The van der Waals surface area contributed by atoms with Crippen LogP contribution in [0.2, 0.25) is 0 Å². The van der Waals surface area contributed by atoms with E-state index in [1.807, 2.05) is 12.1 Å². The van der Waals surface area contributed by atoms with Crippen LogP contribution in [0.1, 0.15) is 31.4 Å². The van der Waals surface area contributed by atoms with Gasteiger partial charge < -0.3 is 5.32 Å². The van der Waals surface area contributed by atoms with Gasteiger partial charge in [-0.15, -0.1) is 0 Å². The Bertz CT molecular complexity index is 351. The number of benzene rings is 1. The summed E-state index contributed by atoms with van der Waals surface area (Å²) in [5, 5.41) is 2.68. The van der Waals surface area contributed by atoms with Gasteiger partial charge >= 0.3 is 0 Å². The van der Waals surface area contributed by atoms with Crippen molar-refractivity contribution in [1.82, 2.24) is 5.32 Å². The minimum atomic E-state index is -0.0855. The first-order valence-corrected chi connectivity index (χ1v) is 5.19. The van der Waals surface area contributed by atoms with Crippen LogP contribution >= 0.6 is 0 Å². The van der Waals surface area contributed by atoms with Crippen molar-refractivity contribution < 1.29 is 4.79 Å². The predicted molar refractivity (Wildman–Crippen MR) is 63.3 cm³/mol. The highest BCUT2D eigenvalue weighted by atomic mass is 16.1. The Morgan fingerprint density at radius 1 is 1.33 bits per heavy atom. The first-order valence-electron chi connectivity index (χ1n) is 5.19. The predicted octanol–water partition coefficient (Wildman–Crippen LogP) is 2.75. The molecule has 0 aliphatic rings. The van der Waals surface area contributed by atoms with E-state index in [4.69, 9.17) is 0 Å². The molecule has 2 heteroatoms. The Morgan fingerprint density at radius 2 is 1.93 bits per heavy atom. The average molecular weight is 203 g/mol. The van der Waals surface area contributed by atoms with Crippen LogP contribution in [-0.4, -0.2) is 5.91 Å². The number of carbonyl (C=O) groups is 1. The minimum Gasteiger partial charge on any atom is -0.326 e. The summed E-state index contributed by atoms with van der Waals surface area (Å²) in [6, 6.07) is 8.13. The molecule has 1 rings (SSSR count). The van der Waals surface area contributed by atoms with E-state index in [0.717, 1.165) is 18.4 Å². The fraction of sp³-hybridized carbons (Fsp3) is 0.308. The first-order chi connectivity index (χ1) is 7.13. The molecule has 1 amide bonds. The zero-order valence-electron chi connectivity index (χ0n) is 9.34. The maximum Gasteiger partial charge on any atom is 0.221 e. The summed E-state index contributed by atoms with van der Waals surface area (Å²) in [4.78, 5) is 10.8. The van der Waals surface area contributed by atoms with Crippen LogP contribution in [0.5, 0.6) is 0 Å². The number of rotatable bonds is 4. The standard InChI is InChI=1S/C13H17NO/c1-4-5-12-6-8-13(9-7-12)10(2)14-11(3)15/h6-9H,2,4-5H2,1,3H3,(H,14,15). The molecule has 1 aromatic carbocycles. The maximum absolute atomic E-state index is 10.8. The first kappa shape index (κ1) is 11.5. The average Bonchev–Trinajstić information content (AvgIpc) is 2.18. The molecule has 0 atom stereocenters. The molecule has 0 radical (unpaired) electrons. The summed E-state index contributed by atoms with van der Waals surface area (Å²) >= 11 is 0. The summed E-state index contributed by atoms with van der Waals surface area (Å²) in [7, 11) is 0. The van der Waals surface area contributed by atoms with Gasteiger partial charge in [-0.25, -0.2) is 0 Å². The minimum absolute atomic E-state index is 0.0855. The molecule has 0 saturated heterocycles. The number of aryl methyl sites for hydroxylation is 1. The van der Waals surface area contributed by atoms with Gasteiger partial charge in [0.25, 0.3) is 0 Å². The molecule has 0 heterocycles. The Morgan fingerprint density at radius 3 is 2.40 bits per heavy atom. The number of carbonyl (C=O) groups excluding carboxylic acids is 1. The molecule has 0 aliphatic carbocycles. The molecule has 0 spiro atoms. The van der Waals surface area contributed by atoms with Crippen LogP contribution < -0.4 is 5.32 Å². The Kier molecular flexibility index (Phi) is 4.10. The summed E-state index contributed by atoms with van der Waals surface area (Å²) in [5.41, 5.74) is 2.94. The lowest BCUT2D eigenvalue weighted by Crippen LogP contribution is -2.17. The summed E-state index contributed by atoms with van der Waals surface area (Å²) in [6.07, 6.45) is 2.24. The molecule has 0 fully saturated rings. The van der Waals surface area contributed by atoms with Gasteiger partial charge in [-0.05, 0) is 17.5 Å². The van der Waals surface area contributed by atoms with Crippen molar-refractivity contribution in [2.45, 2.75) is 26.7 Å². The van der Waals surface area contributed by atoms with Crippen LogP contribution in [0.3, 0.4) is 0 Å². The molecule has 15 heavy (non-hydrogen) atoms. The van der Waals surface area contributed by atoms with Gasteiger partial charge in [0, 0.05) is 12.6 Å². The number of amides is 1. The van der Waals surface area contributed by atoms with Gasteiger partial charge in [0.1, 0.15) is 0 Å². The summed E-state index contributed by atoms with van der Waals surface area (Å²) in [5.74, 6) is -0.0855. The zero-order valence-corrected chi connectivity index (χ0v) is 9.34. The van der Waals surface area contributed by atoms with E-state index in [2.05, 4.69) is 31.0 Å². The highest BCUT2D eigenvalue weighted by molar-refractivity contribution is 5.84. The number of hydrogen-bond donors (Lipinski definition) is 1. The van der Waals surface area contributed by atoms with Crippen LogP contribution in [0.4, 0.5) is 0 Å². The van der Waals surface area contributed by atoms with Crippen LogP contribution in [0.15, 0.2) is 30.8 Å². The molecule has 0 saturated carbocycles. The van der Waals surface area contributed by atoms with Crippen LogP contribution in [0, 0.1) is 0 Å². The number of nitrogens with one attached hydrogen (secondary N) is 1. The van der Waals surface area contributed by atoms with E-state index in [-0.39, 0.29) is 5.91 Å². The van der Waals surface area contributed by atoms with E-state index in [1.165, 1.54) is 12.5 Å². The van der Waals surface area contributed by atoms with Crippen LogP contribution in [0.25, 0.3) is 5.70 Å². The Balaban J connectivity index is 2.71. The van der Waals surface area contributed by atoms with E-state index in [1.54, 1.807) is 0 Å². The summed E-state index contributed by atoms with van der Waals surface area (Å²) in [6.45, 7) is 7.45. The Labute approximate surface area is 91.0 Å². The molecular weight excluding hydrogens is 186 g/mol. The molecule has 0 bridgehead atoms. The molecule has 0 unspecified atom stereocenters. The SMILES string of the molecule is C=C(NC(C)=O)c1ccc(CCC)cc1. The summed E-state index contributed by atoms with van der Waals surface area (Å²) < 4.78 is 0. The topological polar surface area (TPSA) is 29.1 Å². The second-order valence-electron chi connectivity index (χ2n) is 3.61. The third-order valence-electron chi connectivity index (χ3n) is 2.17. The highest BCUT2D eigenvalue weighted by Gasteiger charge is 2.00. The van der Waals surface area contributed by atoms with Gasteiger partial charge in [-0.2, -0.15) is 0 Å². The fourth-order valence-corrected chi connectivity index (χ4v) is 1.45. The number of hydrogen-bond acceptors (Lipinski definition) is 1. The Hall–Kier alpha value is -1.57. The fourth-order valence-electron chi connectivity index (χ4n) is 1.45. The highest BCUT2D eigenvalue weighted by Crippen LogP contribution is 2.12.